The number of rotatable bonds is 4. The van der Waals surface area contributed by atoms with E-state index in [0.717, 1.165) is 38.7 Å². The minimum atomic E-state index is -0.282. The fraction of sp³-hybridized carbons (Fsp3) is 0.227. The van der Waals surface area contributed by atoms with Crippen molar-refractivity contribution < 1.29 is 9.90 Å². The second-order valence-corrected chi connectivity index (χ2v) is 7.49. The van der Waals surface area contributed by atoms with Gasteiger partial charge in [0.25, 0.3) is 5.91 Å². The molecule has 5 heteroatoms. The summed E-state index contributed by atoms with van der Waals surface area (Å²) in [5.41, 5.74) is 5.64. The van der Waals surface area contributed by atoms with Crippen LogP contribution in [0.3, 0.4) is 0 Å². The van der Waals surface area contributed by atoms with Crippen molar-refractivity contribution in [3.8, 4) is 16.9 Å². The summed E-state index contributed by atoms with van der Waals surface area (Å²) in [5, 5.41) is 14.2. The lowest BCUT2D eigenvalue weighted by atomic mass is 9.94. The average molecular weight is 383 g/mol. The Kier molecular flexibility index (Phi) is 5.29. The molecule has 4 nitrogen and oxygen atoms in total. The number of amides is 1. The molecule has 0 radical (unpaired) electrons. The SMILES string of the molecule is Cc1cc(-c2cc(O)c3[nH]ccc3c2)c(C)cc1C=C(Cl)C(=O)NC(C)C. The summed E-state index contributed by atoms with van der Waals surface area (Å²) in [5.74, 6) is -0.0578. The first-order valence-electron chi connectivity index (χ1n) is 8.86. The molecule has 0 bridgehead atoms. The number of H-pyrrole nitrogens is 1. The van der Waals surface area contributed by atoms with E-state index >= 15 is 0 Å². The second-order valence-electron chi connectivity index (χ2n) is 7.08. The van der Waals surface area contributed by atoms with Gasteiger partial charge < -0.3 is 15.4 Å². The van der Waals surface area contributed by atoms with Crippen LogP contribution in [0.25, 0.3) is 28.1 Å². The Morgan fingerprint density at radius 1 is 1.19 bits per heavy atom. The molecule has 1 heterocycles. The van der Waals surface area contributed by atoms with E-state index in [1.165, 1.54) is 0 Å². The lowest BCUT2D eigenvalue weighted by molar-refractivity contribution is -0.117. The smallest absolute Gasteiger partial charge is 0.262 e. The minimum Gasteiger partial charge on any atom is -0.506 e. The molecule has 140 valence electrons. The summed E-state index contributed by atoms with van der Waals surface area (Å²) < 4.78 is 0. The lowest BCUT2D eigenvalue weighted by Crippen LogP contribution is -2.30. The van der Waals surface area contributed by atoms with Crippen LogP contribution < -0.4 is 5.32 Å². The molecule has 0 spiro atoms. The van der Waals surface area contributed by atoms with Crippen LogP contribution in [0.5, 0.6) is 5.75 Å². The maximum atomic E-state index is 12.0. The summed E-state index contributed by atoms with van der Waals surface area (Å²) >= 11 is 6.18. The lowest BCUT2D eigenvalue weighted by Gasteiger charge is -2.12. The van der Waals surface area contributed by atoms with Crippen LogP contribution in [-0.4, -0.2) is 22.0 Å². The number of nitrogens with one attached hydrogen (secondary N) is 2. The van der Waals surface area contributed by atoms with Gasteiger partial charge in [0, 0.05) is 17.6 Å². The molecular formula is C22H23ClN2O2. The van der Waals surface area contributed by atoms with Crippen molar-refractivity contribution in [3.05, 3.63) is 58.3 Å². The summed E-state index contributed by atoms with van der Waals surface area (Å²) in [7, 11) is 0. The Morgan fingerprint density at radius 3 is 2.63 bits per heavy atom. The average Bonchev–Trinajstić information content (AvgIpc) is 3.06. The molecule has 1 aromatic heterocycles. The molecule has 0 aliphatic carbocycles. The van der Waals surface area contributed by atoms with Crippen molar-refractivity contribution in [3.63, 3.8) is 0 Å². The first-order valence-corrected chi connectivity index (χ1v) is 9.24. The number of aromatic amines is 1. The number of benzene rings is 2. The molecule has 1 amide bonds. The summed E-state index contributed by atoms with van der Waals surface area (Å²) in [6.45, 7) is 7.77. The number of aromatic hydroxyl groups is 1. The number of aromatic nitrogens is 1. The van der Waals surface area contributed by atoms with Crippen molar-refractivity contribution in [2.45, 2.75) is 33.7 Å². The summed E-state index contributed by atoms with van der Waals surface area (Å²) in [6, 6.07) is 9.84. The highest BCUT2D eigenvalue weighted by Crippen LogP contribution is 2.34. The van der Waals surface area contributed by atoms with E-state index < -0.39 is 0 Å². The largest absolute Gasteiger partial charge is 0.506 e. The zero-order valence-corrected chi connectivity index (χ0v) is 16.6. The van der Waals surface area contributed by atoms with Crippen molar-refractivity contribution in [2.24, 2.45) is 0 Å². The van der Waals surface area contributed by atoms with Gasteiger partial charge in [-0.05, 0) is 79.8 Å². The molecule has 0 saturated heterocycles. The highest BCUT2D eigenvalue weighted by molar-refractivity contribution is 6.44. The highest BCUT2D eigenvalue weighted by atomic mass is 35.5. The zero-order chi connectivity index (χ0) is 19.7. The second kappa shape index (κ2) is 7.49. The first-order chi connectivity index (χ1) is 12.8. The van der Waals surface area contributed by atoms with Gasteiger partial charge in [-0.15, -0.1) is 0 Å². The van der Waals surface area contributed by atoms with Gasteiger partial charge in [-0.1, -0.05) is 23.7 Å². The summed E-state index contributed by atoms with van der Waals surface area (Å²) in [6.07, 6.45) is 3.50. The molecule has 0 aliphatic rings. The number of hydrogen-bond acceptors (Lipinski definition) is 2. The van der Waals surface area contributed by atoms with Gasteiger partial charge in [-0.25, -0.2) is 0 Å². The van der Waals surface area contributed by atoms with Crippen molar-refractivity contribution in [1.82, 2.24) is 10.3 Å². The molecule has 0 aliphatic heterocycles. The molecular weight excluding hydrogens is 360 g/mol. The number of halogens is 1. The van der Waals surface area contributed by atoms with E-state index in [4.69, 9.17) is 11.6 Å². The third-order valence-corrected chi connectivity index (χ3v) is 4.76. The number of fused-ring (bicyclic) bond motifs is 1. The number of carbonyl (C=O) groups is 1. The van der Waals surface area contributed by atoms with Gasteiger partial charge in [0.1, 0.15) is 10.8 Å². The van der Waals surface area contributed by atoms with E-state index in [2.05, 4.69) is 16.4 Å². The zero-order valence-electron chi connectivity index (χ0n) is 15.9. The molecule has 2 aromatic carbocycles. The predicted molar refractivity (Wildman–Crippen MR) is 112 cm³/mol. The van der Waals surface area contributed by atoms with Crippen LogP contribution in [0, 0.1) is 13.8 Å². The summed E-state index contributed by atoms with van der Waals surface area (Å²) in [4.78, 5) is 15.1. The van der Waals surface area contributed by atoms with Crippen LogP contribution in [0.1, 0.15) is 30.5 Å². The maximum absolute atomic E-state index is 12.0. The van der Waals surface area contributed by atoms with Crippen LogP contribution in [0.4, 0.5) is 0 Å². The number of carbonyl (C=O) groups excluding carboxylic acids is 1. The van der Waals surface area contributed by atoms with Gasteiger partial charge >= 0.3 is 0 Å². The van der Waals surface area contributed by atoms with E-state index in [1.807, 2.05) is 52.1 Å². The van der Waals surface area contributed by atoms with Crippen molar-refractivity contribution >= 4 is 34.5 Å². The highest BCUT2D eigenvalue weighted by Gasteiger charge is 2.12. The molecule has 3 N–H and O–H groups in total. The molecule has 0 atom stereocenters. The molecule has 27 heavy (non-hydrogen) atoms. The van der Waals surface area contributed by atoms with Crippen LogP contribution >= 0.6 is 11.6 Å². The normalized spacial score (nSPS) is 12.0. The maximum Gasteiger partial charge on any atom is 0.262 e. The van der Waals surface area contributed by atoms with Crippen LogP contribution in [0.2, 0.25) is 0 Å². The third kappa shape index (κ3) is 4.01. The van der Waals surface area contributed by atoms with Gasteiger partial charge in [0.05, 0.1) is 5.52 Å². The molecule has 0 unspecified atom stereocenters. The molecule has 0 saturated carbocycles. The minimum absolute atomic E-state index is 0.0286. The topological polar surface area (TPSA) is 65.1 Å². The Hall–Kier alpha value is -2.72. The van der Waals surface area contributed by atoms with Crippen LogP contribution in [0.15, 0.2) is 41.6 Å². The van der Waals surface area contributed by atoms with E-state index in [1.54, 1.807) is 12.1 Å². The van der Waals surface area contributed by atoms with Crippen molar-refractivity contribution in [2.75, 3.05) is 0 Å². The number of hydrogen-bond donors (Lipinski definition) is 3. The first kappa shape index (κ1) is 19.1. The van der Waals surface area contributed by atoms with E-state index in [-0.39, 0.29) is 22.7 Å². The molecule has 3 aromatic rings. The number of phenolic OH excluding ortho intramolecular Hbond substituents is 1. The number of aryl methyl sites for hydroxylation is 2. The monoisotopic (exact) mass is 382 g/mol. The predicted octanol–water partition coefficient (Wildman–Crippen LogP) is 5.26. The third-order valence-electron chi connectivity index (χ3n) is 4.48. The molecule has 3 rings (SSSR count). The van der Waals surface area contributed by atoms with Gasteiger partial charge in [-0.2, -0.15) is 0 Å². The Morgan fingerprint density at radius 2 is 1.93 bits per heavy atom. The Balaban J connectivity index is 2.00. The molecule has 0 fully saturated rings. The Labute approximate surface area is 163 Å². The van der Waals surface area contributed by atoms with Crippen LogP contribution in [-0.2, 0) is 4.79 Å². The van der Waals surface area contributed by atoms with E-state index in [0.29, 0.717) is 0 Å². The number of phenols is 1. The van der Waals surface area contributed by atoms with Crippen molar-refractivity contribution in [1.29, 1.82) is 0 Å². The van der Waals surface area contributed by atoms with E-state index in [9.17, 15) is 9.90 Å². The standard InChI is InChI=1S/C22H23ClN2O2/c1-12(2)25-22(27)19(23)10-16-7-14(4)18(8-13(16)3)17-9-15-5-6-24-21(15)20(26)11-17/h5-12,24,26H,1-4H3,(H,25,27). The quantitative estimate of drug-likeness (QED) is 0.539. The Bertz CT molecular complexity index is 1050. The van der Waals surface area contributed by atoms with Gasteiger partial charge in [0.2, 0.25) is 0 Å². The van der Waals surface area contributed by atoms with Gasteiger partial charge in [-0.3, -0.25) is 4.79 Å². The van der Waals surface area contributed by atoms with Gasteiger partial charge in [0.15, 0.2) is 0 Å². The fourth-order valence-corrected chi connectivity index (χ4v) is 3.32. The fourth-order valence-electron chi connectivity index (χ4n) is 3.15.